The van der Waals surface area contributed by atoms with Crippen molar-refractivity contribution in [3.05, 3.63) is 41.0 Å². The van der Waals surface area contributed by atoms with Gasteiger partial charge >= 0.3 is 0 Å². The molecule has 0 aliphatic rings. The van der Waals surface area contributed by atoms with Gasteiger partial charge in [0.25, 0.3) is 0 Å². The lowest BCUT2D eigenvalue weighted by molar-refractivity contribution is -0.122. The number of carbonyl (C=O) groups excluding carboxylic acids is 2. The SMILES string of the molecule is CNC(=O)CN(C)CC(=O)Nc1c(C#N)c(C)c(C)n1Cc1ccco1. The average Bonchev–Trinajstić information content (AvgIpc) is 3.17. The number of hydrogen-bond donors (Lipinski definition) is 2. The Morgan fingerprint density at radius 3 is 2.58 bits per heavy atom. The van der Waals surface area contributed by atoms with Gasteiger partial charge in [0.1, 0.15) is 17.6 Å². The molecule has 0 bridgehead atoms. The fraction of sp³-hybridized carbons (Fsp3) is 0.389. The second-order valence-corrected chi connectivity index (χ2v) is 6.10. The molecule has 2 N–H and O–H groups in total. The third kappa shape index (κ3) is 4.32. The molecular formula is C18H23N5O3. The molecule has 0 aliphatic heterocycles. The van der Waals surface area contributed by atoms with Crippen LogP contribution in [0.3, 0.4) is 0 Å². The predicted octanol–water partition coefficient (Wildman–Crippen LogP) is 1.23. The number of nitrogens with one attached hydrogen (secondary N) is 2. The molecule has 0 saturated heterocycles. The normalized spacial score (nSPS) is 10.6. The lowest BCUT2D eigenvalue weighted by atomic mass is 10.2. The van der Waals surface area contributed by atoms with Gasteiger partial charge in [0.15, 0.2) is 0 Å². The molecule has 0 aromatic carbocycles. The van der Waals surface area contributed by atoms with E-state index in [-0.39, 0.29) is 24.9 Å². The highest BCUT2D eigenvalue weighted by molar-refractivity contribution is 5.93. The predicted molar refractivity (Wildman–Crippen MR) is 96.6 cm³/mol. The van der Waals surface area contributed by atoms with Crippen molar-refractivity contribution in [2.75, 3.05) is 32.5 Å². The Labute approximate surface area is 152 Å². The Morgan fingerprint density at radius 2 is 2.00 bits per heavy atom. The van der Waals surface area contributed by atoms with Gasteiger partial charge in [-0.25, -0.2) is 0 Å². The van der Waals surface area contributed by atoms with Crippen LogP contribution >= 0.6 is 0 Å². The molecule has 26 heavy (non-hydrogen) atoms. The minimum Gasteiger partial charge on any atom is -0.467 e. The summed E-state index contributed by atoms with van der Waals surface area (Å²) in [6.45, 7) is 4.29. The summed E-state index contributed by atoms with van der Waals surface area (Å²) in [5, 5.41) is 14.8. The van der Waals surface area contributed by atoms with Gasteiger partial charge in [0.2, 0.25) is 11.8 Å². The van der Waals surface area contributed by atoms with Crippen molar-refractivity contribution in [1.29, 1.82) is 5.26 Å². The van der Waals surface area contributed by atoms with Gasteiger partial charge < -0.3 is 19.6 Å². The molecule has 8 heteroatoms. The number of amides is 2. The molecule has 0 radical (unpaired) electrons. The fourth-order valence-electron chi connectivity index (χ4n) is 2.68. The summed E-state index contributed by atoms with van der Waals surface area (Å²) >= 11 is 0. The summed E-state index contributed by atoms with van der Waals surface area (Å²) in [7, 11) is 3.22. The number of likely N-dealkylation sites (N-methyl/N-ethyl adjacent to an activating group) is 2. The molecule has 0 aliphatic carbocycles. The van der Waals surface area contributed by atoms with Crippen LogP contribution in [0.1, 0.15) is 22.6 Å². The molecule has 0 atom stereocenters. The van der Waals surface area contributed by atoms with Crippen molar-refractivity contribution in [2.45, 2.75) is 20.4 Å². The molecule has 2 aromatic heterocycles. The van der Waals surface area contributed by atoms with Gasteiger partial charge in [-0.2, -0.15) is 5.26 Å². The van der Waals surface area contributed by atoms with Crippen molar-refractivity contribution < 1.29 is 14.0 Å². The maximum atomic E-state index is 12.4. The highest BCUT2D eigenvalue weighted by atomic mass is 16.3. The van der Waals surface area contributed by atoms with Crippen LogP contribution < -0.4 is 10.6 Å². The van der Waals surface area contributed by atoms with E-state index in [1.54, 1.807) is 31.3 Å². The summed E-state index contributed by atoms with van der Waals surface area (Å²) in [5.41, 5.74) is 2.12. The smallest absolute Gasteiger partial charge is 0.239 e. The van der Waals surface area contributed by atoms with Crippen LogP contribution in [0.15, 0.2) is 22.8 Å². The Morgan fingerprint density at radius 1 is 1.31 bits per heavy atom. The van der Waals surface area contributed by atoms with Crippen molar-refractivity contribution in [2.24, 2.45) is 0 Å². The van der Waals surface area contributed by atoms with Crippen molar-refractivity contribution in [3.63, 3.8) is 0 Å². The summed E-state index contributed by atoms with van der Waals surface area (Å²) in [6, 6.07) is 5.79. The van der Waals surface area contributed by atoms with Crippen molar-refractivity contribution in [1.82, 2.24) is 14.8 Å². The van der Waals surface area contributed by atoms with E-state index in [4.69, 9.17) is 4.42 Å². The van der Waals surface area contributed by atoms with E-state index < -0.39 is 0 Å². The standard InChI is InChI=1S/C18H23N5O3/c1-12-13(2)23(9-14-6-5-7-26-14)18(15(12)8-19)21-17(25)11-22(4)10-16(24)20-3/h5-7H,9-11H2,1-4H3,(H,20,24)(H,21,25). The third-order valence-corrected chi connectivity index (χ3v) is 4.20. The molecule has 0 unspecified atom stereocenters. The second kappa shape index (κ2) is 8.36. The molecule has 138 valence electrons. The van der Waals surface area contributed by atoms with Gasteiger partial charge in [-0.15, -0.1) is 0 Å². The Hall–Kier alpha value is -3.05. The number of anilines is 1. The number of rotatable bonds is 7. The third-order valence-electron chi connectivity index (χ3n) is 4.20. The van der Waals surface area contributed by atoms with Gasteiger partial charge in [0, 0.05) is 12.7 Å². The number of aromatic nitrogens is 1. The minimum absolute atomic E-state index is 0.0301. The van der Waals surface area contributed by atoms with Gasteiger partial charge in [-0.3, -0.25) is 14.5 Å². The maximum Gasteiger partial charge on any atom is 0.239 e. The topological polar surface area (TPSA) is 103 Å². The highest BCUT2D eigenvalue weighted by Gasteiger charge is 2.21. The van der Waals surface area contributed by atoms with Gasteiger partial charge in [0.05, 0.1) is 31.5 Å². The zero-order valence-corrected chi connectivity index (χ0v) is 15.4. The van der Waals surface area contributed by atoms with Crippen LogP contribution in [0.4, 0.5) is 5.82 Å². The zero-order chi connectivity index (χ0) is 19.3. The lowest BCUT2D eigenvalue weighted by Crippen LogP contribution is -2.38. The van der Waals surface area contributed by atoms with Crippen LogP contribution in [-0.4, -0.2) is 48.5 Å². The Kier molecular flexibility index (Phi) is 6.20. The van der Waals surface area contributed by atoms with Crippen LogP contribution in [-0.2, 0) is 16.1 Å². The van der Waals surface area contributed by atoms with Gasteiger partial charge in [-0.05, 0) is 38.6 Å². The van der Waals surface area contributed by atoms with E-state index in [2.05, 4.69) is 16.7 Å². The number of carbonyl (C=O) groups is 2. The summed E-state index contributed by atoms with van der Waals surface area (Å²) in [4.78, 5) is 25.4. The fourth-order valence-corrected chi connectivity index (χ4v) is 2.68. The van der Waals surface area contributed by atoms with Crippen molar-refractivity contribution >= 4 is 17.6 Å². The van der Waals surface area contributed by atoms with Crippen LogP contribution in [0, 0.1) is 25.2 Å². The van der Waals surface area contributed by atoms with Crippen LogP contribution in [0.25, 0.3) is 0 Å². The summed E-state index contributed by atoms with van der Waals surface area (Å²) in [6.07, 6.45) is 1.58. The Balaban J connectivity index is 2.22. The Bertz CT molecular complexity index is 830. The molecule has 0 saturated carbocycles. The summed E-state index contributed by atoms with van der Waals surface area (Å²) < 4.78 is 7.24. The van der Waals surface area contributed by atoms with E-state index in [0.29, 0.717) is 17.9 Å². The molecule has 2 rings (SSSR count). The van der Waals surface area contributed by atoms with Crippen molar-refractivity contribution in [3.8, 4) is 6.07 Å². The molecule has 0 spiro atoms. The van der Waals surface area contributed by atoms with E-state index in [1.807, 2.05) is 24.5 Å². The molecule has 2 aromatic rings. The molecule has 2 amide bonds. The molecule has 2 heterocycles. The average molecular weight is 357 g/mol. The minimum atomic E-state index is -0.300. The molecule has 0 fully saturated rings. The van der Waals surface area contributed by atoms with E-state index >= 15 is 0 Å². The first-order valence-electron chi connectivity index (χ1n) is 8.18. The lowest BCUT2D eigenvalue weighted by Gasteiger charge is -2.16. The second-order valence-electron chi connectivity index (χ2n) is 6.10. The summed E-state index contributed by atoms with van der Waals surface area (Å²) in [5.74, 6) is 0.689. The maximum absolute atomic E-state index is 12.4. The van der Waals surface area contributed by atoms with E-state index in [0.717, 1.165) is 17.0 Å². The number of nitrogens with zero attached hydrogens (tertiary/aromatic N) is 3. The van der Waals surface area contributed by atoms with Crippen LogP contribution in [0.2, 0.25) is 0 Å². The highest BCUT2D eigenvalue weighted by Crippen LogP contribution is 2.27. The zero-order valence-electron chi connectivity index (χ0n) is 15.4. The number of hydrogen-bond acceptors (Lipinski definition) is 5. The van der Waals surface area contributed by atoms with Crippen LogP contribution in [0.5, 0.6) is 0 Å². The van der Waals surface area contributed by atoms with E-state index in [9.17, 15) is 14.9 Å². The monoisotopic (exact) mass is 357 g/mol. The quantitative estimate of drug-likeness (QED) is 0.776. The largest absolute Gasteiger partial charge is 0.467 e. The number of furan rings is 1. The first-order chi connectivity index (χ1) is 12.4. The molecular weight excluding hydrogens is 334 g/mol. The first kappa shape index (κ1) is 19.3. The number of nitriles is 1. The molecule has 8 nitrogen and oxygen atoms in total. The van der Waals surface area contributed by atoms with E-state index in [1.165, 1.54) is 0 Å². The van der Waals surface area contributed by atoms with Gasteiger partial charge in [-0.1, -0.05) is 0 Å². The first-order valence-corrected chi connectivity index (χ1v) is 8.18.